The van der Waals surface area contributed by atoms with Crippen molar-refractivity contribution >= 4 is 17.3 Å². The molecule has 0 aliphatic rings. The molecule has 2 aromatic rings. The lowest BCUT2D eigenvalue weighted by Crippen LogP contribution is -2.01. The van der Waals surface area contributed by atoms with Gasteiger partial charge in [0, 0.05) is 24.4 Å². The summed E-state index contributed by atoms with van der Waals surface area (Å²) >= 11 is 5.73. The zero-order valence-corrected chi connectivity index (χ0v) is 9.46. The fraction of sp³-hybridized carbons (Fsp3) is 0.0909. The smallest absolute Gasteiger partial charge is 0.261 e. The van der Waals surface area contributed by atoms with Gasteiger partial charge in [-0.25, -0.2) is 4.98 Å². The molecule has 0 saturated carbocycles. The number of hydrogen-bond donors (Lipinski definition) is 0. The molecule has 0 saturated heterocycles. The van der Waals surface area contributed by atoms with Crippen LogP contribution in [0.5, 0.6) is 0 Å². The quantitative estimate of drug-likeness (QED) is 0.476. The van der Waals surface area contributed by atoms with Crippen LogP contribution in [0.4, 0.5) is 5.69 Å². The third kappa shape index (κ3) is 2.76. The van der Waals surface area contributed by atoms with Crippen molar-refractivity contribution in [2.45, 2.75) is 6.42 Å². The summed E-state index contributed by atoms with van der Waals surface area (Å²) in [5.74, 6) is 0. The van der Waals surface area contributed by atoms with E-state index in [4.69, 9.17) is 11.6 Å². The van der Waals surface area contributed by atoms with E-state index < -0.39 is 4.92 Å². The maximum atomic E-state index is 10.8. The predicted molar refractivity (Wildman–Crippen MR) is 62.9 cm³/mol. The molecule has 0 fully saturated rings. The van der Waals surface area contributed by atoms with Gasteiger partial charge >= 0.3 is 0 Å². The van der Waals surface area contributed by atoms with Gasteiger partial charge in [0.05, 0.1) is 4.92 Å². The molecule has 0 aliphatic carbocycles. The van der Waals surface area contributed by atoms with Crippen LogP contribution in [0.3, 0.4) is 0 Å². The third-order valence-electron chi connectivity index (χ3n) is 2.19. The van der Waals surface area contributed by atoms with Crippen LogP contribution in [0.2, 0.25) is 5.15 Å². The van der Waals surface area contributed by atoms with Crippen LogP contribution in [0.1, 0.15) is 11.4 Å². The minimum absolute atomic E-state index is 0.0416. The molecule has 2 rings (SSSR count). The van der Waals surface area contributed by atoms with Gasteiger partial charge in [0.25, 0.3) is 5.69 Å². The van der Waals surface area contributed by atoms with E-state index in [1.807, 2.05) is 6.07 Å². The predicted octanol–water partition coefficient (Wildman–Crippen LogP) is 2.63. The molecule has 6 heteroatoms. The molecule has 0 N–H and O–H groups in total. The van der Waals surface area contributed by atoms with E-state index in [0.29, 0.717) is 11.4 Å². The summed E-state index contributed by atoms with van der Waals surface area (Å²) in [6.45, 7) is 0. The minimum Gasteiger partial charge on any atom is -0.261 e. The van der Waals surface area contributed by atoms with Crippen molar-refractivity contribution in [3.05, 3.63) is 63.2 Å². The van der Waals surface area contributed by atoms with Crippen molar-refractivity contribution < 1.29 is 4.92 Å². The monoisotopic (exact) mass is 249 g/mol. The van der Waals surface area contributed by atoms with E-state index in [1.54, 1.807) is 18.3 Å². The lowest BCUT2D eigenvalue weighted by atomic mass is 10.2. The number of nitro groups is 1. The Bertz CT molecular complexity index is 546. The molecule has 0 amide bonds. The van der Waals surface area contributed by atoms with Crippen LogP contribution in [-0.2, 0) is 6.42 Å². The van der Waals surface area contributed by atoms with Gasteiger partial charge in [0.15, 0.2) is 0 Å². The topological polar surface area (TPSA) is 68.9 Å². The molecule has 0 radical (unpaired) electrons. The largest absolute Gasteiger partial charge is 0.291 e. The number of hydrogen-bond acceptors (Lipinski definition) is 4. The highest BCUT2D eigenvalue weighted by Gasteiger charge is 2.16. The van der Waals surface area contributed by atoms with E-state index in [0.717, 1.165) is 0 Å². The molecule has 2 heterocycles. The van der Waals surface area contributed by atoms with E-state index in [-0.39, 0.29) is 17.3 Å². The molecule has 0 spiro atoms. The number of halogens is 1. The first kappa shape index (κ1) is 11.5. The minimum atomic E-state index is -0.471. The van der Waals surface area contributed by atoms with Crippen LogP contribution < -0.4 is 0 Å². The van der Waals surface area contributed by atoms with Gasteiger partial charge in [-0.1, -0.05) is 17.7 Å². The second-order valence-corrected chi connectivity index (χ2v) is 3.74. The SMILES string of the molecule is O=[N+]([O-])c1ccc(Cl)nc1Cc1ccccn1. The number of aromatic nitrogens is 2. The van der Waals surface area contributed by atoms with Crippen LogP contribution in [-0.4, -0.2) is 14.9 Å². The van der Waals surface area contributed by atoms with E-state index >= 15 is 0 Å². The summed E-state index contributed by atoms with van der Waals surface area (Å²) in [7, 11) is 0. The number of pyridine rings is 2. The fourth-order valence-electron chi connectivity index (χ4n) is 1.44. The summed E-state index contributed by atoms with van der Waals surface area (Å²) in [4.78, 5) is 18.4. The average molecular weight is 250 g/mol. The lowest BCUT2D eigenvalue weighted by Gasteiger charge is -2.02. The first-order valence-electron chi connectivity index (χ1n) is 4.86. The maximum absolute atomic E-state index is 10.8. The summed E-state index contributed by atoms with van der Waals surface area (Å²) in [6.07, 6.45) is 1.92. The fourth-order valence-corrected chi connectivity index (χ4v) is 1.60. The van der Waals surface area contributed by atoms with Crippen molar-refractivity contribution in [2.24, 2.45) is 0 Å². The zero-order valence-electron chi connectivity index (χ0n) is 8.71. The molecular weight excluding hydrogens is 242 g/mol. The Hall–Kier alpha value is -2.01. The molecule has 0 aromatic carbocycles. The number of nitrogens with zero attached hydrogens (tertiary/aromatic N) is 3. The summed E-state index contributed by atoms with van der Waals surface area (Å²) < 4.78 is 0. The van der Waals surface area contributed by atoms with E-state index in [1.165, 1.54) is 12.1 Å². The maximum Gasteiger partial charge on any atom is 0.291 e. The van der Waals surface area contributed by atoms with Gasteiger partial charge in [0.2, 0.25) is 0 Å². The molecule has 0 unspecified atom stereocenters. The summed E-state index contributed by atoms with van der Waals surface area (Å²) in [5, 5.41) is 11.1. The van der Waals surface area contributed by atoms with Crippen molar-refractivity contribution in [3.63, 3.8) is 0 Å². The van der Waals surface area contributed by atoms with Crippen LogP contribution in [0.25, 0.3) is 0 Å². The molecule has 0 atom stereocenters. The van der Waals surface area contributed by atoms with Gasteiger partial charge in [0.1, 0.15) is 10.8 Å². The molecule has 86 valence electrons. The normalized spacial score (nSPS) is 10.2. The Morgan fingerprint density at radius 1 is 1.29 bits per heavy atom. The second kappa shape index (κ2) is 4.88. The highest BCUT2D eigenvalue weighted by Crippen LogP contribution is 2.21. The van der Waals surface area contributed by atoms with E-state index in [2.05, 4.69) is 9.97 Å². The highest BCUT2D eigenvalue weighted by atomic mass is 35.5. The number of rotatable bonds is 3. The molecule has 2 aromatic heterocycles. The first-order chi connectivity index (χ1) is 8.16. The Morgan fingerprint density at radius 2 is 2.12 bits per heavy atom. The first-order valence-corrected chi connectivity index (χ1v) is 5.24. The van der Waals surface area contributed by atoms with Crippen LogP contribution in [0, 0.1) is 10.1 Å². The van der Waals surface area contributed by atoms with Crippen molar-refractivity contribution in [1.82, 2.24) is 9.97 Å². The molecule has 17 heavy (non-hydrogen) atoms. The molecule has 5 nitrogen and oxygen atoms in total. The Kier molecular flexibility index (Phi) is 3.30. The standard InChI is InChI=1S/C11H8ClN3O2/c12-11-5-4-10(15(16)17)9(14-11)7-8-3-1-2-6-13-8/h1-6H,7H2. The Morgan fingerprint density at radius 3 is 2.76 bits per heavy atom. The lowest BCUT2D eigenvalue weighted by molar-refractivity contribution is -0.385. The third-order valence-corrected chi connectivity index (χ3v) is 2.40. The highest BCUT2D eigenvalue weighted by molar-refractivity contribution is 6.29. The van der Waals surface area contributed by atoms with Crippen LogP contribution >= 0.6 is 11.6 Å². The van der Waals surface area contributed by atoms with Gasteiger partial charge in [-0.3, -0.25) is 15.1 Å². The van der Waals surface area contributed by atoms with E-state index in [9.17, 15) is 10.1 Å². The van der Waals surface area contributed by atoms with Gasteiger partial charge in [-0.15, -0.1) is 0 Å². The zero-order chi connectivity index (χ0) is 12.3. The van der Waals surface area contributed by atoms with Crippen molar-refractivity contribution in [2.75, 3.05) is 0 Å². The van der Waals surface area contributed by atoms with Crippen molar-refractivity contribution in [1.29, 1.82) is 0 Å². The molecule has 0 bridgehead atoms. The molecule has 0 aliphatic heterocycles. The van der Waals surface area contributed by atoms with Gasteiger partial charge in [-0.2, -0.15) is 0 Å². The summed E-state index contributed by atoms with van der Waals surface area (Å²) in [5.41, 5.74) is 0.992. The second-order valence-electron chi connectivity index (χ2n) is 3.35. The van der Waals surface area contributed by atoms with Gasteiger partial charge in [-0.05, 0) is 18.2 Å². The summed E-state index contributed by atoms with van der Waals surface area (Å²) in [6, 6.07) is 8.14. The van der Waals surface area contributed by atoms with Crippen molar-refractivity contribution in [3.8, 4) is 0 Å². The molecular formula is C11H8ClN3O2. The Balaban J connectivity index is 2.37. The van der Waals surface area contributed by atoms with Crippen LogP contribution in [0.15, 0.2) is 36.5 Å². The Labute approximate surface area is 102 Å². The average Bonchev–Trinajstić information content (AvgIpc) is 2.30. The van der Waals surface area contributed by atoms with Gasteiger partial charge < -0.3 is 0 Å².